The van der Waals surface area contributed by atoms with Gasteiger partial charge in [0, 0.05) is 26.2 Å². The molecule has 2 aromatic rings. The lowest BCUT2D eigenvalue weighted by Gasteiger charge is -2.52. The summed E-state index contributed by atoms with van der Waals surface area (Å²) in [5.41, 5.74) is 1.22. The third-order valence-corrected chi connectivity index (χ3v) is 9.88. The first-order valence-corrected chi connectivity index (χ1v) is 16.4. The van der Waals surface area contributed by atoms with Crippen molar-refractivity contribution in [2.24, 2.45) is 5.92 Å². The van der Waals surface area contributed by atoms with Gasteiger partial charge in [0.2, 0.25) is 11.8 Å². The third kappa shape index (κ3) is 6.94. The van der Waals surface area contributed by atoms with Crippen LogP contribution in [0.25, 0.3) is 0 Å². The number of benzene rings is 2. The largest absolute Gasteiger partial charge is 0.478 e. The molecule has 0 aromatic heterocycles. The van der Waals surface area contributed by atoms with Crippen molar-refractivity contribution in [3.63, 3.8) is 0 Å². The number of aromatic carboxylic acids is 1. The number of likely N-dealkylation sites (tertiary alicyclic amines) is 1. The Balaban J connectivity index is 1.21. The molecule has 9 heteroatoms. The molecule has 1 spiro atoms. The number of rotatable bonds is 10. The fraction of sp³-hybridized carbons (Fsp3) is 0.571. The van der Waals surface area contributed by atoms with Gasteiger partial charge < -0.3 is 25.2 Å². The maximum atomic E-state index is 13.9. The minimum atomic E-state index is -0.968. The minimum absolute atomic E-state index is 0.0500. The molecule has 3 fully saturated rings. The zero-order chi connectivity index (χ0) is 31.3. The Kier molecular flexibility index (Phi) is 10.3. The number of carboxylic acid groups (broad SMARTS) is 1. The zero-order valence-electron chi connectivity index (χ0n) is 26.1. The number of aliphatic hydroxyl groups excluding tert-OH is 1. The van der Waals surface area contributed by atoms with Crippen LogP contribution >= 0.6 is 0 Å². The summed E-state index contributed by atoms with van der Waals surface area (Å²) < 4.78 is 5.99. The number of nitrogens with one attached hydrogen (secondary N) is 1. The molecule has 2 amide bonds. The van der Waals surface area contributed by atoms with E-state index >= 15 is 0 Å². The lowest BCUT2D eigenvalue weighted by molar-refractivity contribution is -0.165. The van der Waals surface area contributed by atoms with Crippen LogP contribution < -0.4 is 10.1 Å². The average Bonchev–Trinajstić information content (AvgIpc) is 3.31. The third-order valence-electron chi connectivity index (χ3n) is 9.88. The maximum Gasteiger partial charge on any atom is 0.335 e. The molecule has 5 rings (SSSR count). The normalized spacial score (nSPS) is 22.0. The van der Waals surface area contributed by atoms with E-state index in [1.54, 1.807) is 12.1 Å². The first-order chi connectivity index (χ1) is 21.2. The molecule has 2 aliphatic heterocycles. The van der Waals surface area contributed by atoms with Crippen molar-refractivity contribution in [3.05, 3.63) is 59.2 Å². The van der Waals surface area contributed by atoms with Crippen molar-refractivity contribution >= 4 is 17.8 Å². The molecule has 238 valence electrons. The second-order valence-electron chi connectivity index (χ2n) is 12.9. The lowest BCUT2D eigenvalue weighted by Crippen LogP contribution is -2.75. The molecule has 2 atom stereocenters. The van der Waals surface area contributed by atoms with Crippen LogP contribution in [0.4, 0.5) is 0 Å². The topological polar surface area (TPSA) is 119 Å². The smallest absolute Gasteiger partial charge is 0.335 e. The highest BCUT2D eigenvalue weighted by molar-refractivity contribution is 6.00. The quantitative estimate of drug-likeness (QED) is 0.315. The highest BCUT2D eigenvalue weighted by atomic mass is 16.5. The van der Waals surface area contributed by atoms with E-state index in [1.165, 1.54) is 18.9 Å². The summed E-state index contributed by atoms with van der Waals surface area (Å²) in [4.78, 5) is 43.1. The van der Waals surface area contributed by atoms with Gasteiger partial charge in [0.25, 0.3) is 0 Å². The summed E-state index contributed by atoms with van der Waals surface area (Å²) in [7, 11) is 0. The highest BCUT2D eigenvalue weighted by Gasteiger charge is 2.55. The van der Waals surface area contributed by atoms with Crippen LogP contribution in [0.1, 0.15) is 92.6 Å². The number of unbranched alkanes of at least 4 members (excludes halogenated alkanes) is 1. The predicted octanol–water partition coefficient (Wildman–Crippen LogP) is 5.28. The average molecular weight is 606 g/mol. The predicted molar refractivity (Wildman–Crippen MR) is 168 cm³/mol. The summed E-state index contributed by atoms with van der Waals surface area (Å²) in [6.45, 7) is 6.54. The summed E-state index contributed by atoms with van der Waals surface area (Å²) in [6.07, 6.45) is 8.31. The molecular weight excluding hydrogens is 558 g/mol. The van der Waals surface area contributed by atoms with Crippen LogP contribution in [0.15, 0.2) is 42.5 Å². The van der Waals surface area contributed by atoms with Crippen LogP contribution in [0.2, 0.25) is 0 Å². The monoisotopic (exact) mass is 605 g/mol. The van der Waals surface area contributed by atoms with Gasteiger partial charge in [-0.05, 0) is 86.4 Å². The Labute approximate surface area is 260 Å². The molecule has 3 N–H and O–H groups in total. The number of nitrogens with zero attached hydrogens (tertiary/aromatic N) is 2. The maximum absolute atomic E-state index is 13.9. The number of hydrogen-bond acceptors (Lipinski definition) is 6. The van der Waals surface area contributed by atoms with Gasteiger partial charge in [-0.15, -0.1) is 0 Å². The number of ether oxygens (including phenoxy) is 1. The molecular formula is C35H47N3O6. The summed E-state index contributed by atoms with van der Waals surface area (Å²) >= 11 is 0. The van der Waals surface area contributed by atoms with Gasteiger partial charge in [0.05, 0.1) is 11.7 Å². The molecule has 0 unspecified atom stereocenters. The van der Waals surface area contributed by atoms with E-state index in [9.17, 15) is 24.6 Å². The van der Waals surface area contributed by atoms with E-state index in [-0.39, 0.29) is 23.3 Å². The molecule has 3 aliphatic rings. The van der Waals surface area contributed by atoms with Gasteiger partial charge in [-0.1, -0.05) is 51.2 Å². The summed E-state index contributed by atoms with van der Waals surface area (Å²) in [5, 5.41) is 23.5. The fourth-order valence-corrected chi connectivity index (χ4v) is 7.16. The van der Waals surface area contributed by atoms with Gasteiger partial charge in [-0.25, -0.2) is 4.79 Å². The molecule has 9 nitrogen and oxygen atoms in total. The minimum Gasteiger partial charge on any atom is -0.478 e. The molecule has 0 radical (unpaired) electrons. The number of hydrogen-bond donors (Lipinski definition) is 3. The van der Waals surface area contributed by atoms with Gasteiger partial charge in [-0.3, -0.25) is 14.5 Å². The van der Waals surface area contributed by atoms with Gasteiger partial charge >= 0.3 is 5.97 Å². The molecule has 2 heterocycles. The molecule has 2 aromatic carbocycles. The van der Waals surface area contributed by atoms with Crippen molar-refractivity contribution in [2.75, 3.05) is 19.6 Å². The van der Waals surface area contributed by atoms with E-state index < -0.39 is 23.7 Å². The number of amides is 2. The Morgan fingerprint density at radius 1 is 1.05 bits per heavy atom. The van der Waals surface area contributed by atoms with Crippen LogP contribution in [0.3, 0.4) is 0 Å². The summed E-state index contributed by atoms with van der Waals surface area (Å²) in [6, 6.07) is 11.8. The first-order valence-electron chi connectivity index (χ1n) is 16.4. The molecule has 1 saturated carbocycles. The fourth-order valence-electron chi connectivity index (χ4n) is 7.16. The lowest BCUT2D eigenvalue weighted by atomic mass is 9.79. The van der Waals surface area contributed by atoms with Crippen LogP contribution in [0.5, 0.6) is 11.5 Å². The van der Waals surface area contributed by atoms with Crippen molar-refractivity contribution in [2.45, 2.75) is 102 Å². The number of carboxylic acids is 1. The first kappa shape index (κ1) is 32.0. The van der Waals surface area contributed by atoms with Crippen molar-refractivity contribution < 1.29 is 29.3 Å². The zero-order valence-corrected chi connectivity index (χ0v) is 26.1. The van der Waals surface area contributed by atoms with Crippen LogP contribution in [0, 0.1) is 12.8 Å². The molecule has 44 heavy (non-hydrogen) atoms. The number of aliphatic hydroxyl groups is 1. The number of carbonyl (C=O) groups excluding carboxylic acids is 2. The Hall–Kier alpha value is -3.43. The van der Waals surface area contributed by atoms with Crippen LogP contribution in [-0.2, 0) is 16.1 Å². The summed E-state index contributed by atoms with van der Waals surface area (Å²) in [5.74, 6) is 0.132. The van der Waals surface area contributed by atoms with E-state index in [4.69, 9.17) is 4.74 Å². The standard InChI is InChI=1S/C35H47N3O6/c1-3-4-19-38-32(40)30(31(39)26-9-7-5-6-8-10-26)36-34(43)35(38)17-20-37(21-18-35)23-25-11-14-28(15-12-25)44-29-16-13-27(33(41)42)22-24(29)2/h11-16,22,26,30-31,39H,3-10,17-21,23H2,1-2H3,(H,36,43)(H,41,42)/t30-,31-/m1/s1. The van der Waals surface area contributed by atoms with E-state index in [0.29, 0.717) is 44.0 Å². The van der Waals surface area contributed by atoms with E-state index in [2.05, 4.69) is 17.1 Å². The highest BCUT2D eigenvalue weighted by Crippen LogP contribution is 2.36. The van der Waals surface area contributed by atoms with Crippen molar-refractivity contribution in [3.8, 4) is 11.5 Å². The Morgan fingerprint density at radius 2 is 1.73 bits per heavy atom. The van der Waals surface area contributed by atoms with E-state index in [1.807, 2.05) is 36.1 Å². The Morgan fingerprint density at radius 3 is 2.34 bits per heavy atom. The van der Waals surface area contributed by atoms with Crippen LogP contribution in [-0.4, -0.2) is 75.1 Å². The number of aryl methyl sites for hydroxylation is 1. The van der Waals surface area contributed by atoms with Crippen molar-refractivity contribution in [1.29, 1.82) is 0 Å². The number of piperidine rings is 1. The molecule has 2 saturated heterocycles. The van der Waals surface area contributed by atoms with Crippen molar-refractivity contribution in [1.82, 2.24) is 15.1 Å². The second kappa shape index (κ2) is 14.1. The van der Waals surface area contributed by atoms with Gasteiger partial charge in [0.15, 0.2) is 0 Å². The second-order valence-corrected chi connectivity index (χ2v) is 12.9. The molecule has 1 aliphatic carbocycles. The molecule has 0 bridgehead atoms. The SMILES string of the molecule is CCCCN1C(=O)[C@@H]([C@H](O)C2CCCCCC2)NC(=O)C12CCN(Cc1ccc(Oc3ccc(C(=O)O)cc3C)cc1)CC2. The number of carbonyl (C=O) groups is 3. The van der Waals surface area contributed by atoms with E-state index in [0.717, 1.165) is 56.2 Å². The Bertz CT molecular complexity index is 1310. The number of piperazine rings is 1. The van der Waals surface area contributed by atoms with Gasteiger partial charge in [0.1, 0.15) is 23.1 Å². The van der Waals surface area contributed by atoms with Gasteiger partial charge in [-0.2, -0.15) is 0 Å².